The highest BCUT2D eigenvalue weighted by Gasteiger charge is 2.13. The van der Waals surface area contributed by atoms with Gasteiger partial charge in [0.25, 0.3) is 5.91 Å². The molecule has 1 amide bonds. The van der Waals surface area contributed by atoms with Crippen LogP contribution in [0.1, 0.15) is 15.9 Å². The van der Waals surface area contributed by atoms with Crippen LogP contribution in [0.15, 0.2) is 71.5 Å². The average molecular weight is 378 g/mol. The molecule has 1 aromatic heterocycles. The molecule has 5 nitrogen and oxygen atoms in total. The van der Waals surface area contributed by atoms with Crippen molar-refractivity contribution in [3.63, 3.8) is 0 Å². The number of rotatable bonds is 4. The van der Waals surface area contributed by atoms with Gasteiger partial charge in [-0.25, -0.2) is 4.98 Å². The van der Waals surface area contributed by atoms with Crippen LogP contribution in [0, 0.1) is 6.92 Å². The topological polar surface area (TPSA) is 67.2 Å². The van der Waals surface area contributed by atoms with E-state index in [1.165, 1.54) is 6.39 Å². The van der Waals surface area contributed by atoms with Crippen molar-refractivity contribution < 1.29 is 9.21 Å². The first-order valence-electron chi connectivity index (χ1n) is 8.37. The highest BCUT2D eigenvalue weighted by Crippen LogP contribution is 2.28. The number of benzene rings is 3. The van der Waals surface area contributed by atoms with Gasteiger partial charge in [0.05, 0.1) is 11.3 Å². The fourth-order valence-corrected chi connectivity index (χ4v) is 2.98. The van der Waals surface area contributed by atoms with Gasteiger partial charge in [0.1, 0.15) is 5.52 Å². The normalized spacial score (nSPS) is 10.7. The maximum atomic E-state index is 12.8. The largest absolute Gasteiger partial charge is 0.443 e. The molecule has 0 aliphatic rings. The number of anilines is 3. The minimum absolute atomic E-state index is 0.225. The van der Waals surface area contributed by atoms with Gasteiger partial charge >= 0.3 is 0 Å². The number of nitrogens with zero attached hydrogens (tertiary/aromatic N) is 1. The predicted molar refractivity (Wildman–Crippen MR) is 108 cm³/mol. The van der Waals surface area contributed by atoms with Crippen molar-refractivity contribution in [1.29, 1.82) is 0 Å². The lowest BCUT2D eigenvalue weighted by Crippen LogP contribution is -2.14. The Balaban J connectivity index is 1.61. The number of aromatic nitrogens is 1. The van der Waals surface area contributed by atoms with Crippen LogP contribution in [-0.4, -0.2) is 10.9 Å². The minimum Gasteiger partial charge on any atom is -0.443 e. The fraction of sp³-hybridized carbons (Fsp3) is 0.0476. The van der Waals surface area contributed by atoms with E-state index in [1.54, 1.807) is 24.3 Å². The molecule has 0 unspecified atom stereocenters. The molecule has 0 fully saturated rings. The van der Waals surface area contributed by atoms with E-state index in [4.69, 9.17) is 16.0 Å². The van der Waals surface area contributed by atoms with E-state index in [9.17, 15) is 4.79 Å². The summed E-state index contributed by atoms with van der Waals surface area (Å²) in [4.78, 5) is 16.9. The number of carbonyl (C=O) groups is 1. The zero-order valence-corrected chi connectivity index (χ0v) is 15.2. The van der Waals surface area contributed by atoms with Gasteiger partial charge in [-0.1, -0.05) is 29.8 Å². The van der Waals surface area contributed by atoms with Crippen LogP contribution in [-0.2, 0) is 0 Å². The molecular weight excluding hydrogens is 362 g/mol. The molecule has 0 saturated carbocycles. The summed E-state index contributed by atoms with van der Waals surface area (Å²) in [6.45, 7) is 1.93. The molecule has 6 heteroatoms. The van der Waals surface area contributed by atoms with Crippen molar-refractivity contribution in [1.82, 2.24) is 4.98 Å². The Morgan fingerprint density at radius 2 is 1.85 bits per heavy atom. The average Bonchev–Trinajstić information content (AvgIpc) is 3.13. The molecule has 0 radical (unpaired) electrons. The number of hydrogen-bond acceptors (Lipinski definition) is 4. The zero-order valence-electron chi connectivity index (χ0n) is 14.5. The number of fused-ring (bicyclic) bond motifs is 1. The second kappa shape index (κ2) is 7.13. The van der Waals surface area contributed by atoms with E-state index in [1.807, 2.05) is 43.3 Å². The molecule has 0 bridgehead atoms. The van der Waals surface area contributed by atoms with Crippen molar-refractivity contribution in [2.45, 2.75) is 6.92 Å². The number of hydrogen-bond donors (Lipinski definition) is 2. The standard InChI is InChI=1S/C21H16ClN3O2/c1-13-16(22)6-4-8-17(13)25-18-7-3-2-5-15(18)21(26)24-14-9-10-19-20(11-14)27-12-23-19/h2-12,25H,1H3,(H,24,26). The van der Waals surface area contributed by atoms with Gasteiger partial charge < -0.3 is 15.1 Å². The highest BCUT2D eigenvalue weighted by atomic mass is 35.5. The van der Waals surface area contributed by atoms with Crippen molar-refractivity contribution >= 4 is 45.7 Å². The molecule has 0 aliphatic carbocycles. The monoisotopic (exact) mass is 377 g/mol. The third kappa shape index (κ3) is 3.50. The van der Waals surface area contributed by atoms with Gasteiger partial charge in [0.2, 0.25) is 0 Å². The minimum atomic E-state index is -0.225. The van der Waals surface area contributed by atoms with Gasteiger partial charge in [-0.15, -0.1) is 0 Å². The Bertz CT molecular complexity index is 1140. The molecule has 4 aromatic rings. The van der Waals surface area contributed by atoms with Gasteiger partial charge in [-0.3, -0.25) is 4.79 Å². The van der Waals surface area contributed by atoms with E-state index in [-0.39, 0.29) is 5.91 Å². The molecule has 3 aromatic carbocycles. The maximum Gasteiger partial charge on any atom is 0.257 e. The lowest BCUT2D eigenvalue weighted by Gasteiger charge is -2.14. The third-order valence-corrected chi connectivity index (χ3v) is 4.71. The maximum absolute atomic E-state index is 12.8. The predicted octanol–water partition coefficient (Wildman–Crippen LogP) is 5.79. The molecule has 134 valence electrons. The van der Waals surface area contributed by atoms with E-state index in [0.29, 0.717) is 27.5 Å². The van der Waals surface area contributed by atoms with E-state index in [2.05, 4.69) is 15.6 Å². The molecule has 0 saturated heterocycles. The van der Waals surface area contributed by atoms with Crippen LogP contribution in [0.4, 0.5) is 17.1 Å². The van der Waals surface area contributed by atoms with Crippen LogP contribution >= 0.6 is 11.6 Å². The highest BCUT2D eigenvalue weighted by molar-refractivity contribution is 6.31. The number of carbonyl (C=O) groups excluding carboxylic acids is 1. The van der Waals surface area contributed by atoms with Crippen molar-refractivity contribution in [2.24, 2.45) is 0 Å². The van der Waals surface area contributed by atoms with Crippen LogP contribution < -0.4 is 10.6 Å². The number of para-hydroxylation sites is 1. The summed E-state index contributed by atoms with van der Waals surface area (Å²) in [6, 6.07) is 18.3. The first-order chi connectivity index (χ1) is 13.1. The second-order valence-corrected chi connectivity index (χ2v) is 6.48. The summed E-state index contributed by atoms with van der Waals surface area (Å²) in [5.41, 5.74) is 4.99. The Labute approximate surface area is 161 Å². The summed E-state index contributed by atoms with van der Waals surface area (Å²) in [5.74, 6) is -0.225. The Morgan fingerprint density at radius 1 is 1.04 bits per heavy atom. The first-order valence-corrected chi connectivity index (χ1v) is 8.75. The fourth-order valence-electron chi connectivity index (χ4n) is 2.81. The SMILES string of the molecule is Cc1c(Cl)cccc1Nc1ccccc1C(=O)Nc1ccc2ncoc2c1. The Hall–Kier alpha value is -3.31. The Morgan fingerprint density at radius 3 is 2.74 bits per heavy atom. The third-order valence-electron chi connectivity index (χ3n) is 4.30. The van der Waals surface area contributed by atoms with Gasteiger partial charge in [-0.2, -0.15) is 0 Å². The first kappa shape index (κ1) is 17.1. The molecule has 4 rings (SSSR count). The molecule has 0 atom stereocenters. The van der Waals surface area contributed by atoms with Crippen LogP contribution in [0.2, 0.25) is 5.02 Å². The summed E-state index contributed by atoms with van der Waals surface area (Å²) >= 11 is 6.19. The number of oxazole rings is 1. The van der Waals surface area contributed by atoms with Gasteiger partial charge in [-0.05, 0) is 48.9 Å². The van der Waals surface area contributed by atoms with Crippen LogP contribution in [0.5, 0.6) is 0 Å². The lowest BCUT2D eigenvalue weighted by atomic mass is 10.1. The number of halogens is 1. The molecule has 27 heavy (non-hydrogen) atoms. The van der Waals surface area contributed by atoms with E-state index < -0.39 is 0 Å². The smallest absolute Gasteiger partial charge is 0.257 e. The second-order valence-electron chi connectivity index (χ2n) is 6.07. The van der Waals surface area contributed by atoms with Crippen molar-refractivity contribution in [3.8, 4) is 0 Å². The summed E-state index contributed by atoms with van der Waals surface area (Å²) in [6.07, 6.45) is 1.38. The van der Waals surface area contributed by atoms with Crippen molar-refractivity contribution in [3.05, 3.63) is 83.2 Å². The van der Waals surface area contributed by atoms with Crippen LogP contribution in [0.25, 0.3) is 11.1 Å². The van der Waals surface area contributed by atoms with Crippen molar-refractivity contribution in [2.75, 3.05) is 10.6 Å². The van der Waals surface area contributed by atoms with E-state index in [0.717, 1.165) is 16.8 Å². The van der Waals surface area contributed by atoms with Gasteiger partial charge in [0, 0.05) is 22.5 Å². The summed E-state index contributed by atoms with van der Waals surface area (Å²) in [7, 11) is 0. The van der Waals surface area contributed by atoms with Crippen LogP contribution in [0.3, 0.4) is 0 Å². The molecule has 2 N–H and O–H groups in total. The number of amides is 1. The quantitative estimate of drug-likeness (QED) is 0.472. The molecule has 0 spiro atoms. The molecule has 0 aliphatic heterocycles. The lowest BCUT2D eigenvalue weighted by molar-refractivity contribution is 0.102. The van der Waals surface area contributed by atoms with Gasteiger partial charge in [0.15, 0.2) is 12.0 Å². The number of nitrogens with one attached hydrogen (secondary N) is 2. The zero-order chi connectivity index (χ0) is 18.8. The Kier molecular flexibility index (Phi) is 4.52. The summed E-state index contributed by atoms with van der Waals surface area (Å²) in [5, 5.41) is 6.87. The molecular formula is C21H16ClN3O2. The van der Waals surface area contributed by atoms with E-state index >= 15 is 0 Å². The summed E-state index contributed by atoms with van der Waals surface area (Å²) < 4.78 is 5.29. The molecule has 1 heterocycles.